The maximum atomic E-state index is 10.4. The molecule has 0 fully saturated rings. The van der Waals surface area contributed by atoms with Gasteiger partial charge in [0.15, 0.2) is 0 Å². The molecule has 0 bridgehead atoms. The summed E-state index contributed by atoms with van der Waals surface area (Å²) in [5.41, 5.74) is 0. The Morgan fingerprint density at radius 1 is 1.75 bits per heavy atom. The largest absolute Gasteiger partial charge is 0.494 e. The molecule has 0 saturated heterocycles. The number of hydrogen-bond acceptors (Lipinski definition) is 6. The highest BCUT2D eigenvalue weighted by atomic mass is 16.6. The summed E-state index contributed by atoms with van der Waals surface area (Å²) in [5, 5.41) is 14.1. The van der Waals surface area contributed by atoms with Crippen LogP contribution in [0.2, 0.25) is 0 Å². The number of nitro groups is 1. The lowest BCUT2D eigenvalue weighted by atomic mass is 10.4. The molecule has 0 amide bonds. The molecule has 8 heteroatoms. The third kappa shape index (κ3) is 2.11. The molecule has 1 atom stereocenters. The van der Waals surface area contributed by atoms with E-state index in [9.17, 15) is 10.1 Å². The highest BCUT2D eigenvalue weighted by Crippen LogP contribution is 2.21. The lowest BCUT2D eigenvalue weighted by Crippen LogP contribution is -2.22. The second kappa shape index (κ2) is 4.44. The van der Waals surface area contributed by atoms with Crippen molar-refractivity contribution in [3.63, 3.8) is 0 Å². The SMILES string of the molecule is CCCOC[C@@H]1Cn2nc([N+](=O)[O-])nc2O1. The van der Waals surface area contributed by atoms with Crippen LogP contribution in [0.25, 0.3) is 0 Å². The van der Waals surface area contributed by atoms with Gasteiger partial charge in [-0.3, -0.25) is 0 Å². The molecule has 0 unspecified atom stereocenters. The predicted molar refractivity (Wildman–Crippen MR) is 52.2 cm³/mol. The first-order chi connectivity index (χ1) is 7.70. The van der Waals surface area contributed by atoms with E-state index in [-0.39, 0.29) is 12.1 Å². The lowest BCUT2D eigenvalue weighted by molar-refractivity contribution is -0.394. The number of rotatable bonds is 5. The van der Waals surface area contributed by atoms with Gasteiger partial charge in [-0.1, -0.05) is 6.92 Å². The monoisotopic (exact) mass is 228 g/mol. The normalized spacial score (nSPS) is 18.2. The van der Waals surface area contributed by atoms with Crippen LogP contribution in [0, 0.1) is 10.1 Å². The summed E-state index contributed by atoms with van der Waals surface area (Å²) in [6, 6.07) is 0.191. The van der Waals surface area contributed by atoms with Crippen molar-refractivity contribution in [3.05, 3.63) is 10.1 Å². The summed E-state index contributed by atoms with van der Waals surface area (Å²) in [6.45, 7) is 3.59. The molecule has 0 saturated carbocycles. The Labute approximate surface area is 91.3 Å². The number of aromatic nitrogens is 3. The Morgan fingerprint density at radius 3 is 3.19 bits per heavy atom. The molecule has 0 spiro atoms. The number of nitrogens with zero attached hydrogens (tertiary/aromatic N) is 4. The summed E-state index contributed by atoms with van der Waals surface area (Å²) < 4.78 is 12.0. The van der Waals surface area contributed by atoms with Gasteiger partial charge in [-0.2, -0.15) is 0 Å². The smallest absolute Gasteiger partial charge is 0.443 e. The van der Waals surface area contributed by atoms with Gasteiger partial charge in [0, 0.05) is 11.7 Å². The zero-order valence-corrected chi connectivity index (χ0v) is 8.83. The molecule has 0 aliphatic carbocycles. The summed E-state index contributed by atoms with van der Waals surface area (Å²) in [7, 11) is 0. The molecular weight excluding hydrogens is 216 g/mol. The predicted octanol–water partition coefficient (Wildman–Crippen LogP) is 0.374. The number of fused-ring (bicyclic) bond motifs is 1. The first kappa shape index (κ1) is 10.8. The minimum atomic E-state index is -0.642. The molecule has 1 aliphatic rings. The van der Waals surface area contributed by atoms with Crippen molar-refractivity contribution in [1.29, 1.82) is 0 Å². The van der Waals surface area contributed by atoms with Crippen LogP contribution in [0.5, 0.6) is 6.01 Å². The molecule has 0 N–H and O–H groups in total. The fourth-order valence-corrected chi connectivity index (χ4v) is 1.42. The van der Waals surface area contributed by atoms with E-state index in [1.807, 2.05) is 6.92 Å². The molecule has 16 heavy (non-hydrogen) atoms. The van der Waals surface area contributed by atoms with Gasteiger partial charge in [-0.15, -0.1) is 4.68 Å². The number of ether oxygens (including phenoxy) is 2. The topological polar surface area (TPSA) is 92.3 Å². The molecule has 88 valence electrons. The standard InChI is InChI=1S/C8H12N4O4/c1-2-3-15-5-6-4-11-8(16-6)9-7(10-11)12(13)14/h6H,2-5H2,1H3/t6-/m0/s1. The van der Waals surface area contributed by atoms with Gasteiger partial charge >= 0.3 is 12.0 Å². The van der Waals surface area contributed by atoms with Crippen LogP contribution >= 0.6 is 0 Å². The van der Waals surface area contributed by atoms with Crippen molar-refractivity contribution in [3.8, 4) is 6.01 Å². The van der Waals surface area contributed by atoms with E-state index < -0.39 is 10.9 Å². The average Bonchev–Trinajstić information content (AvgIpc) is 2.75. The van der Waals surface area contributed by atoms with Gasteiger partial charge < -0.3 is 19.6 Å². The molecule has 0 aromatic carbocycles. The van der Waals surface area contributed by atoms with Crippen molar-refractivity contribution in [2.24, 2.45) is 0 Å². The van der Waals surface area contributed by atoms with Crippen LogP contribution in [0.1, 0.15) is 13.3 Å². The molecule has 2 heterocycles. The van der Waals surface area contributed by atoms with Gasteiger partial charge in [0.25, 0.3) is 0 Å². The van der Waals surface area contributed by atoms with Gasteiger partial charge in [0.1, 0.15) is 12.6 Å². The second-order valence-electron chi connectivity index (χ2n) is 3.45. The first-order valence-corrected chi connectivity index (χ1v) is 5.04. The van der Waals surface area contributed by atoms with Crippen LogP contribution in [-0.2, 0) is 11.3 Å². The van der Waals surface area contributed by atoms with Crippen LogP contribution in [0.4, 0.5) is 5.95 Å². The van der Waals surface area contributed by atoms with Gasteiger partial charge in [-0.25, -0.2) is 0 Å². The van der Waals surface area contributed by atoms with Gasteiger partial charge in [-0.05, 0) is 16.3 Å². The molecule has 1 aromatic rings. The van der Waals surface area contributed by atoms with E-state index in [4.69, 9.17) is 9.47 Å². The first-order valence-electron chi connectivity index (χ1n) is 5.04. The third-order valence-electron chi connectivity index (χ3n) is 2.09. The molecule has 1 aromatic heterocycles. The average molecular weight is 228 g/mol. The van der Waals surface area contributed by atoms with Gasteiger partial charge in [0.2, 0.25) is 0 Å². The van der Waals surface area contributed by atoms with Crippen LogP contribution in [0.15, 0.2) is 0 Å². The Balaban J connectivity index is 1.90. The van der Waals surface area contributed by atoms with E-state index in [0.717, 1.165) is 6.42 Å². The number of hydrogen-bond donors (Lipinski definition) is 0. The zero-order chi connectivity index (χ0) is 11.5. The fourth-order valence-electron chi connectivity index (χ4n) is 1.42. The summed E-state index contributed by atoms with van der Waals surface area (Å²) in [4.78, 5) is 13.4. The van der Waals surface area contributed by atoms with E-state index in [2.05, 4.69) is 10.1 Å². The molecule has 8 nitrogen and oxygen atoms in total. The van der Waals surface area contributed by atoms with Crippen molar-refractivity contribution >= 4 is 5.95 Å². The highest BCUT2D eigenvalue weighted by molar-refractivity contribution is 5.11. The van der Waals surface area contributed by atoms with Crippen molar-refractivity contribution in [2.75, 3.05) is 13.2 Å². The fraction of sp³-hybridized carbons (Fsp3) is 0.750. The Bertz CT molecular complexity index is 368. The Kier molecular flexibility index (Phi) is 3.00. The summed E-state index contributed by atoms with van der Waals surface area (Å²) in [6.07, 6.45) is 0.795. The molecule has 2 rings (SSSR count). The highest BCUT2D eigenvalue weighted by Gasteiger charge is 2.33. The molecular formula is C8H12N4O4. The van der Waals surface area contributed by atoms with Crippen molar-refractivity contribution in [1.82, 2.24) is 14.8 Å². The maximum Gasteiger partial charge on any atom is 0.494 e. The van der Waals surface area contributed by atoms with Crippen LogP contribution in [-0.4, -0.2) is 39.0 Å². The van der Waals surface area contributed by atoms with E-state index in [1.165, 1.54) is 4.68 Å². The lowest BCUT2D eigenvalue weighted by Gasteiger charge is -2.07. The summed E-state index contributed by atoms with van der Waals surface area (Å²) in [5.74, 6) is -0.428. The Morgan fingerprint density at radius 2 is 2.56 bits per heavy atom. The van der Waals surface area contributed by atoms with E-state index in [1.54, 1.807) is 0 Å². The third-order valence-corrected chi connectivity index (χ3v) is 2.09. The van der Waals surface area contributed by atoms with Crippen LogP contribution < -0.4 is 4.74 Å². The zero-order valence-electron chi connectivity index (χ0n) is 8.83. The quantitative estimate of drug-likeness (QED) is 0.410. The second-order valence-corrected chi connectivity index (χ2v) is 3.45. The summed E-state index contributed by atoms with van der Waals surface area (Å²) >= 11 is 0. The molecule has 0 radical (unpaired) electrons. The van der Waals surface area contributed by atoms with Gasteiger partial charge in [0.05, 0.1) is 6.61 Å². The minimum absolute atomic E-state index is 0.151. The Hall–Kier alpha value is -1.70. The minimum Gasteiger partial charge on any atom is -0.443 e. The molecule has 1 aliphatic heterocycles. The van der Waals surface area contributed by atoms with Crippen molar-refractivity contribution in [2.45, 2.75) is 26.0 Å². The van der Waals surface area contributed by atoms with Crippen LogP contribution in [0.3, 0.4) is 0 Å². The van der Waals surface area contributed by atoms with E-state index >= 15 is 0 Å². The maximum absolute atomic E-state index is 10.4. The van der Waals surface area contributed by atoms with Crippen molar-refractivity contribution < 1.29 is 14.4 Å². The van der Waals surface area contributed by atoms with E-state index in [0.29, 0.717) is 19.8 Å².